The Balaban J connectivity index is 1.20. The minimum atomic E-state index is -0.733. The lowest BCUT2D eigenvalue weighted by Crippen LogP contribution is -2.63. The van der Waals surface area contributed by atoms with Crippen molar-refractivity contribution in [3.63, 3.8) is 0 Å². The Morgan fingerprint density at radius 1 is 0.972 bits per heavy atom. The third kappa shape index (κ3) is 5.13. The topological polar surface area (TPSA) is 68.2 Å². The van der Waals surface area contributed by atoms with E-state index < -0.39 is 5.97 Å². The van der Waals surface area contributed by atoms with E-state index in [-0.39, 0.29) is 29.8 Å². The summed E-state index contributed by atoms with van der Waals surface area (Å²) in [6.07, 6.45) is 13.8. The average molecular weight is 506 g/mol. The van der Waals surface area contributed by atoms with Gasteiger partial charge in [-0.05, 0) is 80.5 Å². The van der Waals surface area contributed by atoms with Crippen LogP contribution in [0, 0.1) is 34.0 Å². The fourth-order valence-electron chi connectivity index (χ4n) is 9.44. The number of ether oxygens (including phenoxy) is 3. The summed E-state index contributed by atoms with van der Waals surface area (Å²) in [5.74, 6) is 1.13. The van der Waals surface area contributed by atoms with E-state index in [4.69, 9.17) is 19.3 Å². The van der Waals surface area contributed by atoms with E-state index >= 15 is 0 Å². The molecule has 0 spiro atoms. The molecule has 36 heavy (non-hydrogen) atoms. The highest BCUT2D eigenvalue weighted by Gasteiger charge is 2.62. The van der Waals surface area contributed by atoms with E-state index in [0.717, 1.165) is 52.0 Å². The van der Waals surface area contributed by atoms with Crippen molar-refractivity contribution >= 4 is 5.97 Å². The first-order valence-electron chi connectivity index (χ1n) is 14.9. The molecule has 2 aliphatic heterocycles. The van der Waals surface area contributed by atoms with Gasteiger partial charge in [0, 0.05) is 31.0 Å². The molecule has 1 N–H and O–H groups in total. The van der Waals surface area contributed by atoms with Gasteiger partial charge < -0.3 is 19.3 Å². The predicted octanol–water partition coefficient (Wildman–Crippen LogP) is 5.73. The van der Waals surface area contributed by atoms with Crippen molar-refractivity contribution in [1.29, 1.82) is 0 Å². The molecule has 0 aromatic rings. The van der Waals surface area contributed by atoms with Crippen LogP contribution in [0.4, 0.5) is 0 Å². The number of aliphatic carboxylic acids is 1. The van der Waals surface area contributed by atoms with Gasteiger partial charge in [-0.25, -0.2) is 0 Å². The number of rotatable bonds is 7. The number of hydrogen-bond donors (Lipinski definition) is 1. The van der Waals surface area contributed by atoms with Gasteiger partial charge in [0.25, 0.3) is 0 Å². The second kappa shape index (κ2) is 10.5. The fourth-order valence-corrected chi connectivity index (χ4v) is 9.44. The zero-order chi connectivity index (χ0) is 25.6. The van der Waals surface area contributed by atoms with Crippen molar-refractivity contribution in [2.24, 2.45) is 34.0 Å². The maximum absolute atomic E-state index is 11.0. The Bertz CT molecular complexity index is 773. The fraction of sp³-hybridized carbons (Fsp3) is 0.967. The minimum Gasteiger partial charge on any atom is -0.480 e. The van der Waals surface area contributed by atoms with Crippen LogP contribution in [0.15, 0.2) is 0 Å². The SMILES string of the molecule is CC1(C)CCC2[C@]3(C)CO[C@@H](C4CCCC4)O[C@@H]3CC[C@@]2(C)[C@@H]1CCOC1CCN(CC(=O)O)CC1. The summed E-state index contributed by atoms with van der Waals surface area (Å²) in [5.41, 5.74) is 0.703. The first-order valence-corrected chi connectivity index (χ1v) is 14.9. The van der Waals surface area contributed by atoms with Gasteiger partial charge >= 0.3 is 5.97 Å². The number of carboxylic acids is 1. The standard InChI is InChI=1S/C30H51NO5/c1-28(2)14-9-24-29(3,23(28)13-18-34-22-11-16-31(17-12-22)19-26(32)33)15-10-25-30(24,4)20-35-27(36-25)21-7-5-6-8-21/h21-25,27H,5-20H2,1-4H3,(H,32,33)/t23-,24?,25-,27-,29+,30+/m1/s1. The molecule has 6 nitrogen and oxygen atoms in total. The molecule has 2 saturated heterocycles. The highest BCUT2D eigenvalue weighted by Crippen LogP contribution is 2.66. The summed E-state index contributed by atoms with van der Waals surface area (Å²) in [6, 6.07) is 0. The van der Waals surface area contributed by atoms with Gasteiger partial charge in [0.05, 0.1) is 25.4 Å². The minimum absolute atomic E-state index is 0.0288. The van der Waals surface area contributed by atoms with Crippen LogP contribution in [0.5, 0.6) is 0 Å². The molecule has 206 valence electrons. The molecule has 0 aromatic carbocycles. The molecule has 6 atom stereocenters. The number of carbonyl (C=O) groups is 1. The normalized spacial score (nSPS) is 42.1. The van der Waals surface area contributed by atoms with Crippen molar-refractivity contribution < 1.29 is 24.1 Å². The van der Waals surface area contributed by atoms with Crippen molar-refractivity contribution in [2.45, 2.75) is 117 Å². The summed E-state index contributed by atoms with van der Waals surface area (Å²) >= 11 is 0. The number of fused-ring (bicyclic) bond motifs is 3. The quantitative estimate of drug-likeness (QED) is 0.476. The second-order valence-corrected chi connectivity index (χ2v) is 14.1. The second-order valence-electron chi connectivity index (χ2n) is 14.1. The van der Waals surface area contributed by atoms with Crippen molar-refractivity contribution in [3.8, 4) is 0 Å². The zero-order valence-electron chi connectivity index (χ0n) is 23.3. The van der Waals surface area contributed by atoms with Crippen molar-refractivity contribution in [1.82, 2.24) is 4.90 Å². The van der Waals surface area contributed by atoms with E-state index in [1.807, 2.05) is 4.90 Å². The molecule has 0 amide bonds. The molecule has 3 aliphatic carbocycles. The number of piperidine rings is 1. The molecular formula is C30H51NO5. The third-order valence-corrected chi connectivity index (χ3v) is 11.4. The molecule has 3 saturated carbocycles. The Morgan fingerprint density at radius 2 is 1.69 bits per heavy atom. The number of carboxylic acid groups (broad SMARTS) is 1. The number of nitrogens with zero attached hydrogens (tertiary/aromatic N) is 1. The summed E-state index contributed by atoms with van der Waals surface area (Å²) in [4.78, 5) is 13.0. The van der Waals surface area contributed by atoms with Gasteiger partial charge in [0.15, 0.2) is 6.29 Å². The number of likely N-dealkylation sites (tertiary alicyclic amines) is 1. The molecular weight excluding hydrogens is 454 g/mol. The van der Waals surface area contributed by atoms with Gasteiger partial charge in [-0.2, -0.15) is 0 Å². The summed E-state index contributed by atoms with van der Waals surface area (Å²) in [7, 11) is 0. The Kier molecular flexibility index (Phi) is 7.82. The summed E-state index contributed by atoms with van der Waals surface area (Å²) < 4.78 is 19.7. The molecule has 5 rings (SSSR count). The first kappa shape index (κ1) is 26.9. The molecule has 2 heterocycles. The van der Waals surface area contributed by atoms with E-state index in [0.29, 0.717) is 29.3 Å². The first-order chi connectivity index (χ1) is 17.1. The maximum Gasteiger partial charge on any atom is 0.317 e. The maximum atomic E-state index is 11.0. The van der Waals surface area contributed by atoms with Gasteiger partial charge in [-0.1, -0.05) is 40.5 Å². The number of hydrogen-bond acceptors (Lipinski definition) is 5. The van der Waals surface area contributed by atoms with Crippen LogP contribution in [-0.4, -0.2) is 67.3 Å². The van der Waals surface area contributed by atoms with Crippen LogP contribution < -0.4 is 0 Å². The predicted molar refractivity (Wildman–Crippen MR) is 140 cm³/mol. The Morgan fingerprint density at radius 3 is 2.39 bits per heavy atom. The Hall–Kier alpha value is -0.690. The zero-order valence-corrected chi connectivity index (χ0v) is 23.3. The van der Waals surface area contributed by atoms with Crippen LogP contribution in [0.1, 0.15) is 98.3 Å². The largest absolute Gasteiger partial charge is 0.480 e. The summed E-state index contributed by atoms with van der Waals surface area (Å²) in [5, 5.41) is 9.05. The van der Waals surface area contributed by atoms with E-state index in [1.54, 1.807) is 0 Å². The van der Waals surface area contributed by atoms with Crippen molar-refractivity contribution in [3.05, 3.63) is 0 Å². The molecule has 0 bridgehead atoms. The molecule has 0 radical (unpaired) electrons. The molecule has 5 fully saturated rings. The molecule has 1 unspecified atom stereocenters. The van der Waals surface area contributed by atoms with Crippen LogP contribution in [0.25, 0.3) is 0 Å². The van der Waals surface area contributed by atoms with Crippen LogP contribution >= 0.6 is 0 Å². The van der Waals surface area contributed by atoms with Gasteiger partial charge in [0.1, 0.15) is 0 Å². The molecule has 5 aliphatic rings. The summed E-state index contributed by atoms with van der Waals surface area (Å²) in [6.45, 7) is 13.5. The van der Waals surface area contributed by atoms with Gasteiger partial charge in [-0.15, -0.1) is 0 Å². The highest BCUT2D eigenvalue weighted by molar-refractivity contribution is 5.69. The molecule has 0 aromatic heterocycles. The lowest BCUT2D eigenvalue weighted by Gasteiger charge is -2.65. The van der Waals surface area contributed by atoms with E-state index in [9.17, 15) is 4.79 Å². The lowest BCUT2D eigenvalue weighted by atomic mass is 9.42. The highest BCUT2D eigenvalue weighted by atomic mass is 16.7. The Labute approximate surface area is 218 Å². The van der Waals surface area contributed by atoms with Gasteiger partial charge in [-0.3, -0.25) is 9.69 Å². The average Bonchev–Trinajstić information content (AvgIpc) is 3.36. The van der Waals surface area contributed by atoms with Crippen LogP contribution in [-0.2, 0) is 19.0 Å². The van der Waals surface area contributed by atoms with Crippen LogP contribution in [0.3, 0.4) is 0 Å². The monoisotopic (exact) mass is 505 g/mol. The third-order valence-electron chi connectivity index (χ3n) is 11.4. The molecule has 6 heteroatoms. The van der Waals surface area contributed by atoms with E-state index in [2.05, 4.69) is 27.7 Å². The van der Waals surface area contributed by atoms with Gasteiger partial charge in [0.2, 0.25) is 0 Å². The van der Waals surface area contributed by atoms with Crippen molar-refractivity contribution in [2.75, 3.05) is 32.8 Å². The smallest absolute Gasteiger partial charge is 0.317 e. The lowest BCUT2D eigenvalue weighted by molar-refractivity contribution is -0.322. The van der Waals surface area contributed by atoms with E-state index in [1.165, 1.54) is 44.9 Å². The van der Waals surface area contributed by atoms with Crippen LogP contribution in [0.2, 0.25) is 0 Å².